The van der Waals surface area contributed by atoms with Crippen molar-refractivity contribution < 1.29 is 0 Å². The number of hydrazine groups is 1. The quantitative estimate of drug-likeness (QED) is 0.560. The first kappa shape index (κ1) is 7.86. The van der Waals surface area contributed by atoms with Gasteiger partial charge in [-0.2, -0.15) is 0 Å². The molecule has 2 nitrogen and oxygen atoms in total. The lowest BCUT2D eigenvalue weighted by atomic mass is 9.91. The van der Waals surface area contributed by atoms with Crippen LogP contribution in [0, 0.1) is 0 Å². The third kappa shape index (κ3) is 1.19. The fraction of sp³-hybridized carbons (Fsp3) is 0.818. The molecule has 1 unspecified atom stereocenters. The largest absolute Gasteiger partial charge is 0.312 e. The van der Waals surface area contributed by atoms with E-state index in [1.54, 1.807) is 5.57 Å². The molecule has 0 aromatic heterocycles. The number of hydrogen-bond acceptors (Lipinski definition) is 2. The maximum atomic E-state index is 2.61. The summed E-state index contributed by atoms with van der Waals surface area (Å²) in [4.78, 5) is 0. The van der Waals surface area contributed by atoms with E-state index in [9.17, 15) is 0 Å². The van der Waals surface area contributed by atoms with Gasteiger partial charge in [0, 0.05) is 19.3 Å². The second kappa shape index (κ2) is 3.02. The number of hydrogen-bond donors (Lipinski definition) is 0. The van der Waals surface area contributed by atoms with Crippen LogP contribution in [-0.2, 0) is 0 Å². The van der Waals surface area contributed by atoms with Crippen LogP contribution in [0.4, 0.5) is 0 Å². The number of rotatable bonds is 0. The Hall–Kier alpha value is -0.500. The Morgan fingerprint density at radius 1 is 1.08 bits per heavy atom. The predicted molar refractivity (Wildman–Crippen MR) is 53.0 cm³/mol. The van der Waals surface area contributed by atoms with Gasteiger partial charge in [-0.3, -0.25) is 0 Å². The summed E-state index contributed by atoms with van der Waals surface area (Å²) < 4.78 is 0. The molecule has 0 aromatic carbocycles. The Labute approximate surface area is 80.2 Å². The van der Waals surface area contributed by atoms with E-state index in [1.165, 1.54) is 51.6 Å². The zero-order valence-electron chi connectivity index (χ0n) is 8.21. The average Bonchev–Trinajstić information content (AvgIpc) is 2.56. The first-order valence-corrected chi connectivity index (χ1v) is 5.69. The van der Waals surface area contributed by atoms with Crippen molar-refractivity contribution in [2.75, 3.05) is 13.1 Å². The zero-order valence-corrected chi connectivity index (χ0v) is 8.21. The summed E-state index contributed by atoms with van der Waals surface area (Å²) in [6, 6.07) is 0.800. The molecule has 2 heterocycles. The summed E-state index contributed by atoms with van der Waals surface area (Å²) in [5.74, 6) is 0. The van der Waals surface area contributed by atoms with Crippen LogP contribution in [0.5, 0.6) is 0 Å². The molecule has 2 aliphatic heterocycles. The maximum absolute atomic E-state index is 2.61. The lowest BCUT2D eigenvalue weighted by molar-refractivity contribution is -0.0170. The van der Waals surface area contributed by atoms with Gasteiger partial charge in [-0.15, -0.1) is 0 Å². The van der Waals surface area contributed by atoms with Gasteiger partial charge in [0.1, 0.15) is 0 Å². The molecule has 1 saturated heterocycles. The smallest absolute Gasteiger partial charge is 0.0519 e. The second-order valence-corrected chi connectivity index (χ2v) is 4.50. The van der Waals surface area contributed by atoms with Crippen LogP contribution in [0.3, 0.4) is 0 Å². The lowest BCUT2D eigenvalue weighted by Crippen LogP contribution is -2.46. The molecule has 72 valence electrons. The molecule has 0 bridgehead atoms. The minimum absolute atomic E-state index is 0.800. The van der Waals surface area contributed by atoms with Crippen molar-refractivity contribution in [2.45, 2.75) is 44.6 Å². The van der Waals surface area contributed by atoms with Crippen molar-refractivity contribution in [2.24, 2.45) is 0 Å². The Bertz CT molecular complexity index is 234. The molecule has 0 radical (unpaired) electrons. The third-order valence-corrected chi connectivity index (χ3v) is 3.65. The molecule has 1 atom stereocenters. The fourth-order valence-corrected chi connectivity index (χ4v) is 2.98. The monoisotopic (exact) mass is 178 g/mol. The molecule has 0 aromatic rings. The highest BCUT2D eigenvalue weighted by Gasteiger charge is 2.34. The summed E-state index contributed by atoms with van der Waals surface area (Å²) in [5, 5.41) is 5.09. The molecule has 0 amide bonds. The SMILES string of the molecule is C1=C2CCCCC2N2CCCCN12. The van der Waals surface area contributed by atoms with Crippen molar-refractivity contribution in [1.82, 2.24) is 10.0 Å². The molecule has 2 fully saturated rings. The van der Waals surface area contributed by atoms with Crippen LogP contribution in [0.15, 0.2) is 11.8 Å². The van der Waals surface area contributed by atoms with Gasteiger partial charge in [-0.25, -0.2) is 5.01 Å². The van der Waals surface area contributed by atoms with Gasteiger partial charge in [0.2, 0.25) is 0 Å². The highest BCUT2D eigenvalue weighted by atomic mass is 15.6. The number of nitrogens with zero attached hydrogens (tertiary/aromatic N) is 2. The summed E-state index contributed by atoms with van der Waals surface area (Å²) >= 11 is 0. The van der Waals surface area contributed by atoms with Crippen LogP contribution in [0.1, 0.15) is 38.5 Å². The summed E-state index contributed by atoms with van der Waals surface area (Å²) in [7, 11) is 0. The van der Waals surface area contributed by atoms with Gasteiger partial charge in [-0.1, -0.05) is 6.42 Å². The zero-order chi connectivity index (χ0) is 8.67. The van der Waals surface area contributed by atoms with Gasteiger partial charge in [0.05, 0.1) is 6.04 Å². The van der Waals surface area contributed by atoms with Crippen molar-refractivity contribution in [1.29, 1.82) is 0 Å². The van der Waals surface area contributed by atoms with Gasteiger partial charge in [0.25, 0.3) is 0 Å². The Morgan fingerprint density at radius 3 is 3.00 bits per heavy atom. The van der Waals surface area contributed by atoms with E-state index < -0.39 is 0 Å². The van der Waals surface area contributed by atoms with Crippen LogP contribution in [0.2, 0.25) is 0 Å². The van der Waals surface area contributed by atoms with Crippen LogP contribution >= 0.6 is 0 Å². The van der Waals surface area contributed by atoms with Gasteiger partial charge in [-0.05, 0) is 37.7 Å². The standard InChI is InChI=1S/C11H18N2/c1-2-6-11-10(5-1)9-12-7-3-4-8-13(11)12/h9,11H,1-8H2. The second-order valence-electron chi connectivity index (χ2n) is 4.50. The molecule has 0 spiro atoms. The van der Waals surface area contributed by atoms with Gasteiger partial charge in [0.15, 0.2) is 0 Å². The Kier molecular flexibility index (Phi) is 1.82. The highest BCUT2D eigenvalue weighted by Crippen LogP contribution is 2.35. The molecule has 3 rings (SSSR count). The average molecular weight is 178 g/mol. The number of fused-ring (bicyclic) bond motifs is 3. The molecular formula is C11H18N2. The maximum Gasteiger partial charge on any atom is 0.0519 e. The Balaban J connectivity index is 1.83. The fourth-order valence-electron chi connectivity index (χ4n) is 2.98. The van der Waals surface area contributed by atoms with E-state index >= 15 is 0 Å². The molecular weight excluding hydrogens is 160 g/mol. The minimum Gasteiger partial charge on any atom is -0.312 e. The summed E-state index contributed by atoms with van der Waals surface area (Å²) in [5.41, 5.74) is 1.72. The predicted octanol–water partition coefficient (Wildman–Crippen LogP) is 2.14. The van der Waals surface area contributed by atoms with Crippen molar-refractivity contribution in [3.8, 4) is 0 Å². The van der Waals surface area contributed by atoms with E-state index in [-0.39, 0.29) is 0 Å². The van der Waals surface area contributed by atoms with E-state index in [2.05, 4.69) is 16.2 Å². The minimum atomic E-state index is 0.800. The lowest BCUT2D eigenvalue weighted by Gasteiger charge is -2.38. The van der Waals surface area contributed by atoms with Crippen molar-refractivity contribution >= 4 is 0 Å². The molecule has 1 aliphatic carbocycles. The summed E-state index contributed by atoms with van der Waals surface area (Å²) in [6.45, 7) is 2.56. The van der Waals surface area contributed by atoms with Crippen molar-refractivity contribution in [3.63, 3.8) is 0 Å². The molecule has 2 heteroatoms. The molecule has 3 aliphatic rings. The Morgan fingerprint density at radius 2 is 2.00 bits per heavy atom. The van der Waals surface area contributed by atoms with Gasteiger partial charge < -0.3 is 5.01 Å². The summed E-state index contributed by atoms with van der Waals surface area (Å²) in [6.07, 6.45) is 10.8. The van der Waals surface area contributed by atoms with Crippen LogP contribution in [-0.4, -0.2) is 29.1 Å². The van der Waals surface area contributed by atoms with Crippen LogP contribution < -0.4 is 0 Å². The van der Waals surface area contributed by atoms with Gasteiger partial charge >= 0.3 is 0 Å². The third-order valence-electron chi connectivity index (χ3n) is 3.65. The van der Waals surface area contributed by atoms with Crippen molar-refractivity contribution in [3.05, 3.63) is 11.8 Å². The van der Waals surface area contributed by atoms with E-state index in [0.717, 1.165) is 6.04 Å². The van der Waals surface area contributed by atoms with E-state index in [0.29, 0.717) is 0 Å². The van der Waals surface area contributed by atoms with E-state index in [4.69, 9.17) is 0 Å². The molecule has 0 N–H and O–H groups in total. The highest BCUT2D eigenvalue weighted by molar-refractivity contribution is 5.18. The topological polar surface area (TPSA) is 6.48 Å². The first-order chi connectivity index (χ1) is 6.45. The molecule has 13 heavy (non-hydrogen) atoms. The van der Waals surface area contributed by atoms with Crippen LogP contribution in [0.25, 0.3) is 0 Å². The normalized spacial score (nSPS) is 34.0. The first-order valence-electron chi connectivity index (χ1n) is 5.69. The molecule has 1 saturated carbocycles. The van der Waals surface area contributed by atoms with E-state index in [1.807, 2.05) is 0 Å².